The van der Waals surface area contributed by atoms with E-state index in [2.05, 4.69) is 5.32 Å². The summed E-state index contributed by atoms with van der Waals surface area (Å²) in [6.07, 6.45) is 0.222. The molecule has 1 fully saturated rings. The third-order valence-corrected chi connectivity index (χ3v) is 4.03. The maximum absolute atomic E-state index is 12.6. The molecule has 3 unspecified atom stereocenters. The third-order valence-electron chi connectivity index (χ3n) is 4.03. The fourth-order valence-electron chi connectivity index (χ4n) is 3.07. The highest BCUT2D eigenvalue weighted by atomic mass is 16.5. The van der Waals surface area contributed by atoms with Gasteiger partial charge in [-0.1, -0.05) is 24.3 Å². The number of nitrogens with one attached hydrogen (secondary N) is 1. The highest BCUT2D eigenvalue weighted by Gasteiger charge is 2.28. The molecule has 3 amide bonds. The molecule has 23 heavy (non-hydrogen) atoms. The van der Waals surface area contributed by atoms with Crippen LogP contribution >= 0.6 is 0 Å². The fourth-order valence-corrected chi connectivity index (χ4v) is 3.07. The van der Waals surface area contributed by atoms with Crippen molar-refractivity contribution in [3.8, 4) is 0 Å². The molecule has 126 valence electrons. The van der Waals surface area contributed by atoms with Gasteiger partial charge >= 0.3 is 6.03 Å². The van der Waals surface area contributed by atoms with Gasteiger partial charge < -0.3 is 20.7 Å². The van der Waals surface area contributed by atoms with Gasteiger partial charge in [-0.2, -0.15) is 0 Å². The first-order valence-corrected chi connectivity index (χ1v) is 7.91. The van der Waals surface area contributed by atoms with E-state index < -0.39 is 12.1 Å². The maximum Gasteiger partial charge on any atom is 0.312 e. The Labute approximate surface area is 137 Å². The van der Waals surface area contributed by atoms with E-state index in [0.29, 0.717) is 13.1 Å². The van der Waals surface area contributed by atoms with Crippen LogP contribution in [0.1, 0.15) is 37.4 Å². The summed E-state index contributed by atoms with van der Waals surface area (Å²) in [5.41, 5.74) is 7.21. The number of ether oxygens (including phenoxy) is 1. The molecule has 6 nitrogen and oxygen atoms in total. The normalized spacial score (nSPS) is 22.5. The van der Waals surface area contributed by atoms with Gasteiger partial charge in [0.05, 0.1) is 24.7 Å². The summed E-state index contributed by atoms with van der Waals surface area (Å²) in [5, 5.41) is 2.69. The number of hydrogen-bond donors (Lipinski definition) is 2. The molecule has 0 saturated carbocycles. The van der Waals surface area contributed by atoms with E-state index in [1.54, 1.807) is 4.90 Å². The van der Waals surface area contributed by atoms with E-state index >= 15 is 0 Å². The summed E-state index contributed by atoms with van der Waals surface area (Å²) in [4.78, 5) is 25.8. The minimum atomic E-state index is -0.630. The molecule has 6 heteroatoms. The van der Waals surface area contributed by atoms with Crippen molar-refractivity contribution in [1.82, 2.24) is 10.2 Å². The number of rotatable bonds is 4. The van der Waals surface area contributed by atoms with Crippen LogP contribution in [0.3, 0.4) is 0 Å². The van der Waals surface area contributed by atoms with Gasteiger partial charge in [-0.25, -0.2) is 4.79 Å². The van der Waals surface area contributed by atoms with E-state index in [-0.39, 0.29) is 24.5 Å². The first kappa shape index (κ1) is 17.3. The highest BCUT2D eigenvalue weighted by Crippen LogP contribution is 2.22. The number of carbonyl (C=O) groups is 2. The van der Waals surface area contributed by atoms with Gasteiger partial charge in [0, 0.05) is 13.1 Å². The van der Waals surface area contributed by atoms with Crippen LogP contribution in [-0.4, -0.2) is 42.1 Å². The first-order valence-electron chi connectivity index (χ1n) is 7.91. The lowest BCUT2D eigenvalue weighted by molar-refractivity contribution is -0.143. The summed E-state index contributed by atoms with van der Waals surface area (Å²) in [7, 11) is 0. The number of amides is 3. The molecule has 0 aromatic heterocycles. The molecule has 0 bridgehead atoms. The molecule has 3 N–H and O–H groups in total. The number of morpholine rings is 1. The number of carbonyl (C=O) groups excluding carboxylic acids is 2. The van der Waals surface area contributed by atoms with Gasteiger partial charge in [0.1, 0.15) is 0 Å². The lowest BCUT2D eigenvalue weighted by Gasteiger charge is -2.36. The summed E-state index contributed by atoms with van der Waals surface area (Å²) >= 11 is 0. The Kier molecular flexibility index (Phi) is 5.60. The Hall–Kier alpha value is -2.08. The zero-order valence-electron chi connectivity index (χ0n) is 13.9. The Bertz CT molecular complexity index is 566. The largest absolute Gasteiger partial charge is 0.372 e. The average Bonchev–Trinajstić information content (AvgIpc) is 2.45. The molecule has 0 spiro atoms. The van der Waals surface area contributed by atoms with Crippen molar-refractivity contribution in [2.45, 2.75) is 45.4 Å². The van der Waals surface area contributed by atoms with Crippen molar-refractivity contribution < 1.29 is 14.3 Å². The van der Waals surface area contributed by atoms with E-state index in [4.69, 9.17) is 10.5 Å². The summed E-state index contributed by atoms with van der Waals surface area (Å²) in [6.45, 7) is 7.00. The number of hydrogen-bond acceptors (Lipinski definition) is 3. The molecular weight excluding hydrogens is 294 g/mol. The van der Waals surface area contributed by atoms with E-state index in [1.807, 2.05) is 45.0 Å². The average molecular weight is 319 g/mol. The molecule has 1 aliphatic heterocycles. The predicted molar refractivity (Wildman–Crippen MR) is 87.8 cm³/mol. The van der Waals surface area contributed by atoms with Crippen molar-refractivity contribution in [1.29, 1.82) is 0 Å². The Morgan fingerprint density at radius 1 is 1.30 bits per heavy atom. The van der Waals surface area contributed by atoms with Crippen molar-refractivity contribution in [3.63, 3.8) is 0 Å². The van der Waals surface area contributed by atoms with Crippen molar-refractivity contribution in [2.75, 3.05) is 13.1 Å². The van der Waals surface area contributed by atoms with Crippen LogP contribution in [0.2, 0.25) is 0 Å². The second kappa shape index (κ2) is 7.46. The summed E-state index contributed by atoms with van der Waals surface area (Å²) < 4.78 is 5.66. The van der Waals surface area contributed by atoms with E-state index in [1.165, 1.54) is 0 Å². The van der Waals surface area contributed by atoms with Crippen molar-refractivity contribution in [2.24, 2.45) is 5.73 Å². The maximum atomic E-state index is 12.6. The standard InChI is InChI=1S/C17H25N3O3/c1-11-6-4-5-7-14(11)15(19-17(18)22)8-16(21)20-9-12(2)23-13(3)10-20/h4-7,12-13,15H,8-10H2,1-3H3,(H3,18,19,22). The summed E-state index contributed by atoms with van der Waals surface area (Å²) in [5.74, 6) is -0.00555. The molecule has 0 aliphatic carbocycles. The zero-order chi connectivity index (χ0) is 17.0. The lowest BCUT2D eigenvalue weighted by Crippen LogP contribution is -2.49. The van der Waals surface area contributed by atoms with Crippen LogP contribution in [0.25, 0.3) is 0 Å². The van der Waals surface area contributed by atoms with E-state index in [9.17, 15) is 9.59 Å². The van der Waals surface area contributed by atoms with Crippen LogP contribution < -0.4 is 11.1 Å². The Balaban J connectivity index is 2.13. The van der Waals surface area contributed by atoms with Crippen molar-refractivity contribution in [3.05, 3.63) is 35.4 Å². The van der Waals surface area contributed by atoms with Gasteiger partial charge in [0.2, 0.25) is 5.91 Å². The Morgan fingerprint density at radius 3 is 2.48 bits per heavy atom. The van der Waals surface area contributed by atoms with Gasteiger partial charge in [-0.05, 0) is 31.9 Å². The number of nitrogens with zero attached hydrogens (tertiary/aromatic N) is 1. The van der Waals surface area contributed by atoms with Gasteiger partial charge in [0.15, 0.2) is 0 Å². The van der Waals surface area contributed by atoms with Crippen LogP contribution in [0.4, 0.5) is 4.79 Å². The monoisotopic (exact) mass is 319 g/mol. The Morgan fingerprint density at radius 2 is 1.91 bits per heavy atom. The van der Waals surface area contributed by atoms with Crippen LogP contribution in [0, 0.1) is 6.92 Å². The quantitative estimate of drug-likeness (QED) is 0.886. The molecule has 0 radical (unpaired) electrons. The smallest absolute Gasteiger partial charge is 0.312 e. The number of primary amides is 1. The first-order chi connectivity index (χ1) is 10.9. The van der Waals surface area contributed by atoms with Crippen LogP contribution in [0.5, 0.6) is 0 Å². The molecule has 1 aromatic carbocycles. The lowest BCUT2D eigenvalue weighted by atomic mass is 9.98. The zero-order valence-corrected chi connectivity index (χ0v) is 13.9. The van der Waals surface area contributed by atoms with Gasteiger partial charge in [-0.15, -0.1) is 0 Å². The topological polar surface area (TPSA) is 84.7 Å². The molecule has 1 aliphatic rings. The SMILES string of the molecule is Cc1ccccc1C(CC(=O)N1CC(C)OC(C)C1)NC(N)=O. The highest BCUT2D eigenvalue weighted by molar-refractivity contribution is 5.79. The molecule has 1 saturated heterocycles. The second-order valence-electron chi connectivity index (χ2n) is 6.18. The predicted octanol–water partition coefficient (Wildman–Crippen LogP) is 1.73. The summed E-state index contributed by atoms with van der Waals surface area (Å²) in [6, 6.07) is 6.63. The molecule has 1 heterocycles. The second-order valence-corrected chi connectivity index (χ2v) is 6.18. The molecule has 1 aromatic rings. The van der Waals surface area contributed by atoms with Crippen LogP contribution in [-0.2, 0) is 9.53 Å². The number of aryl methyl sites for hydroxylation is 1. The van der Waals surface area contributed by atoms with Gasteiger partial charge in [0.25, 0.3) is 0 Å². The van der Waals surface area contributed by atoms with Gasteiger partial charge in [-0.3, -0.25) is 4.79 Å². The fraction of sp³-hybridized carbons (Fsp3) is 0.529. The molecular formula is C17H25N3O3. The number of nitrogens with two attached hydrogens (primary N) is 1. The van der Waals surface area contributed by atoms with Crippen molar-refractivity contribution >= 4 is 11.9 Å². The van der Waals surface area contributed by atoms with Crippen LogP contribution in [0.15, 0.2) is 24.3 Å². The third kappa shape index (κ3) is 4.69. The number of benzene rings is 1. The molecule has 2 rings (SSSR count). The minimum Gasteiger partial charge on any atom is -0.372 e. The minimum absolute atomic E-state index is 0.00555. The molecule has 3 atom stereocenters. The number of urea groups is 1. The van der Waals surface area contributed by atoms with E-state index in [0.717, 1.165) is 11.1 Å².